The van der Waals surface area contributed by atoms with E-state index in [9.17, 15) is 0 Å². The maximum atomic E-state index is 5.97. The maximum absolute atomic E-state index is 5.97. The van der Waals surface area contributed by atoms with Crippen molar-refractivity contribution in [2.75, 3.05) is 6.54 Å². The lowest BCUT2D eigenvalue weighted by atomic mass is 10.2. The summed E-state index contributed by atoms with van der Waals surface area (Å²) >= 11 is 11.8. The smallest absolute Gasteiger partial charge is 0.243 e. The maximum Gasteiger partial charge on any atom is 0.243 e. The molecule has 6 heteroatoms. The molecule has 0 fully saturated rings. The van der Waals surface area contributed by atoms with Crippen LogP contribution in [0.3, 0.4) is 0 Å². The van der Waals surface area contributed by atoms with Crippen LogP contribution in [0, 0.1) is 0 Å². The van der Waals surface area contributed by atoms with Gasteiger partial charge in [-0.05, 0) is 38.1 Å². The SMILES string of the molecule is CCCNC(C)c1nc(-c2ccc(Cl)c(Cl)c2)no1. The zero-order valence-corrected chi connectivity index (χ0v) is 12.3. The first-order valence-corrected chi connectivity index (χ1v) is 6.89. The standard InChI is InChI=1S/C13H15Cl2N3O/c1-3-6-16-8(2)13-17-12(18-19-13)9-4-5-10(14)11(15)7-9/h4-5,7-8,16H,3,6H2,1-2H3. The molecular formula is C13H15Cl2N3O. The lowest BCUT2D eigenvalue weighted by molar-refractivity contribution is 0.340. The summed E-state index contributed by atoms with van der Waals surface area (Å²) in [4.78, 5) is 4.36. The molecule has 0 bridgehead atoms. The quantitative estimate of drug-likeness (QED) is 0.903. The first-order chi connectivity index (χ1) is 9.11. The summed E-state index contributed by atoms with van der Waals surface area (Å²) in [6.07, 6.45) is 1.05. The molecule has 1 heterocycles. The van der Waals surface area contributed by atoms with Crippen molar-refractivity contribution >= 4 is 23.2 Å². The Hall–Kier alpha value is -1.10. The second-order valence-electron chi connectivity index (χ2n) is 4.26. The number of nitrogens with zero attached hydrogens (tertiary/aromatic N) is 2. The van der Waals surface area contributed by atoms with E-state index in [-0.39, 0.29) is 6.04 Å². The van der Waals surface area contributed by atoms with Gasteiger partial charge in [-0.25, -0.2) is 0 Å². The molecule has 0 aliphatic rings. The molecule has 0 aliphatic carbocycles. The molecule has 0 saturated heterocycles. The number of hydrogen-bond donors (Lipinski definition) is 1. The van der Waals surface area contributed by atoms with Crippen molar-refractivity contribution in [1.82, 2.24) is 15.5 Å². The Bertz CT molecular complexity index is 557. The van der Waals surface area contributed by atoms with E-state index in [0.29, 0.717) is 21.8 Å². The second-order valence-corrected chi connectivity index (χ2v) is 5.08. The first-order valence-electron chi connectivity index (χ1n) is 6.14. The van der Waals surface area contributed by atoms with E-state index >= 15 is 0 Å². The zero-order valence-electron chi connectivity index (χ0n) is 10.8. The van der Waals surface area contributed by atoms with E-state index in [2.05, 4.69) is 22.4 Å². The average molecular weight is 300 g/mol. The number of benzene rings is 1. The van der Waals surface area contributed by atoms with Gasteiger partial charge >= 0.3 is 0 Å². The third kappa shape index (κ3) is 3.47. The summed E-state index contributed by atoms with van der Waals surface area (Å²) in [7, 11) is 0. The fraction of sp³-hybridized carbons (Fsp3) is 0.385. The molecule has 0 saturated carbocycles. The van der Waals surface area contributed by atoms with Crippen molar-refractivity contribution in [3.63, 3.8) is 0 Å². The number of hydrogen-bond acceptors (Lipinski definition) is 4. The molecule has 0 spiro atoms. The van der Waals surface area contributed by atoms with Gasteiger partial charge in [-0.3, -0.25) is 0 Å². The van der Waals surface area contributed by atoms with Gasteiger partial charge in [0.25, 0.3) is 0 Å². The third-order valence-electron chi connectivity index (χ3n) is 2.69. The van der Waals surface area contributed by atoms with Crippen molar-refractivity contribution in [3.05, 3.63) is 34.1 Å². The third-order valence-corrected chi connectivity index (χ3v) is 3.43. The lowest BCUT2D eigenvalue weighted by Crippen LogP contribution is -2.19. The highest BCUT2D eigenvalue weighted by molar-refractivity contribution is 6.42. The largest absolute Gasteiger partial charge is 0.337 e. The van der Waals surface area contributed by atoms with Crippen LogP contribution in [0.15, 0.2) is 22.7 Å². The Morgan fingerprint density at radius 3 is 2.79 bits per heavy atom. The highest BCUT2D eigenvalue weighted by Gasteiger charge is 2.15. The Kier molecular flexibility index (Phi) is 4.80. The highest BCUT2D eigenvalue weighted by atomic mass is 35.5. The van der Waals surface area contributed by atoms with Gasteiger partial charge in [-0.1, -0.05) is 35.3 Å². The van der Waals surface area contributed by atoms with Crippen molar-refractivity contribution in [3.8, 4) is 11.4 Å². The molecule has 1 unspecified atom stereocenters. The van der Waals surface area contributed by atoms with Crippen molar-refractivity contribution in [1.29, 1.82) is 0 Å². The van der Waals surface area contributed by atoms with Crippen LogP contribution >= 0.6 is 23.2 Å². The Morgan fingerprint density at radius 2 is 2.11 bits per heavy atom. The van der Waals surface area contributed by atoms with Gasteiger partial charge in [0.1, 0.15) is 0 Å². The van der Waals surface area contributed by atoms with Crippen LogP contribution in [-0.2, 0) is 0 Å². The van der Waals surface area contributed by atoms with Crippen LogP contribution < -0.4 is 5.32 Å². The molecule has 0 radical (unpaired) electrons. The zero-order chi connectivity index (χ0) is 13.8. The van der Waals surface area contributed by atoms with Gasteiger partial charge in [0.2, 0.25) is 11.7 Å². The van der Waals surface area contributed by atoms with Crippen LogP contribution in [0.4, 0.5) is 0 Å². The molecule has 2 rings (SSSR count). The van der Waals surface area contributed by atoms with Gasteiger partial charge in [-0.2, -0.15) is 4.98 Å². The van der Waals surface area contributed by atoms with E-state index in [1.54, 1.807) is 12.1 Å². The molecule has 1 aromatic carbocycles. The molecular weight excluding hydrogens is 285 g/mol. The number of rotatable bonds is 5. The van der Waals surface area contributed by atoms with Crippen molar-refractivity contribution in [2.45, 2.75) is 26.3 Å². The molecule has 1 atom stereocenters. The average Bonchev–Trinajstić information content (AvgIpc) is 2.89. The van der Waals surface area contributed by atoms with Gasteiger partial charge in [-0.15, -0.1) is 0 Å². The van der Waals surface area contributed by atoms with Gasteiger partial charge in [0.15, 0.2) is 0 Å². The summed E-state index contributed by atoms with van der Waals surface area (Å²) in [5, 5.41) is 8.23. The lowest BCUT2D eigenvalue weighted by Gasteiger charge is -2.06. The summed E-state index contributed by atoms with van der Waals surface area (Å²) < 4.78 is 5.25. The van der Waals surface area contributed by atoms with Crippen LogP contribution in [0.5, 0.6) is 0 Å². The van der Waals surface area contributed by atoms with Crippen LogP contribution in [0.25, 0.3) is 11.4 Å². The van der Waals surface area contributed by atoms with E-state index in [1.807, 2.05) is 13.0 Å². The molecule has 102 valence electrons. The summed E-state index contributed by atoms with van der Waals surface area (Å²) in [6, 6.07) is 5.29. The van der Waals surface area contributed by atoms with Crippen molar-refractivity contribution < 1.29 is 4.52 Å². The van der Waals surface area contributed by atoms with E-state index in [0.717, 1.165) is 18.5 Å². The van der Waals surface area contributed by atoms with E-state index in [1.165, 1.54) is 0 Å². The Morgan fingerprint density at radius 1 is 1.32 bits per heavy atom. The first kappa shape index (κ1) is 14.3. The minimum absolute atomic E-state index is 0.0315. The topological polar surface area (TPSA) is 51.0 Å². The molecule has 4 nitrogen and oxygen atoms in total. The second kappa shape index (κ2) is 6.37. The van der Waals surface area contributed by atoms with Gasteiger partial charge < -0.3 is 9.84 Å². The number of nitrogens with one attached hydrogen (secondary N) is 1. The highest BCUT2D eigenvalue weighted by Crippen LogP contribution is 2.27. The number of halogens is 2. The molecule has 19 heavy (non-hydrogen) atoms. The van der Waals surface area contributed by atoms with Gasteiger partial charge in [0, 0.05) is 5.56 Å². The fourth-order valence-corrected chi connectivity index (χ4v) is 1.91. The van der Waals surface area contributed by atoms with Crippen LogP contribution in [0.2, 0.25) is 10.0 Å². The molecule has 0 aliphatic heterocycles. The predicted octanol–water partition coefficient (Wildman–Crippen LogP) is 4.10. The monoisotopic (exact) mass is 299 g/mol. The number of aromatic nitrogens is 2. The fourth-order valence-electron chi connectivity index (χ4n) is 1.61. The summed E-state index contributed by atoms with van der Waals surface area (Å²) in [6.45, 7) is 5.00. The van der Waals surface area contributed by atoms with E-state index in [4.69, 9.17) is 27.7 Å². The minimum Gasteiger partial charge on any atom is -0.337 e. The molecule has 1 N–H and O–H groups in total. The Balaban J connectivity index is 2.18. The molecule has 0 amide bonds. The predicted molar refractivity (Wildman–Crippen MR) is 76.5 cm³/mol. The Labute approximate surface area is 122 Å². The van der Waals surface area contributed by atoms with Gasteiger partial charge in [0.05, 0.1) is 16.1 Å². The molecule has 1 aromatic heterocycles. The van der Waals surface area contributed by atoms with Crippen LogP contribution in [0.1, 0.15) is 32.2 Å². The normalized spacial score (nSPS) is 12.6. The van der Waals surface area contributed by atoms with E-state index < -0.39 is 0 Å². The van der Waals surface area contributed by atoms with Crippen LogP contribution in [-0.4, -0.2) is 16.7 Å². The minimum atomic E-state index is 0.0315. The summed E-state index contributed by atoms with van der Waals surface area (Å²) in [5.74, 6) is 1.08. The van der Waals surface area contributed by atoms with Crippen molar-refractivity contribution in [2.24, 2.45) is 0 Å². The molecule has 2 aromatic rings. The summed E-state index contributed by atoms with van der Waals surface area (Å²) in [5.41, 5.74) is 0.784.